The van der Waals surface area contributed by atoms with E-state index in [0.29, 0.717) is 6.42 Å². The Balaban J connectivity index is 2.43. The van der Waals surface area contributed by atoms with Gasteiger partial charge in [0.2, 0.25) is 5.82 Å². The first kappa shape index (κ1) is 12.4. The Labute approximate surface area is 91.0 Å². The van der Waals surface area contributed by atoms with Crippen LogP contribution in [0, 0.1) is 0 Å². The van der Waals surface area contributed by atoms with E-state index in [4.69, 9.17) is 9.84 Å². The first-order valence-corrected chi connectivity index (χ1v) is 4.74. The van der Waals surface area contributed by atoms with E-state index in [1.807, 2.05) is 0 Å². The zero-order valence-electron chi connectivity index (χ0n) is 8.82. The van der Waals surface area contributed by atoms with Crippen LogP contribution in [0.3, 0.4) is 0 Å². The Morgan fingerprint density at radius 2 is 2.44 bits per heavy atom. The largest absolute Gasteiger partial charge is 0.396 e. The van der Waals surface area contributed by atoms with E-state index in [2.05, 4.69) is 20.5 Å². The minimum Gasteiger partial charge on any atom is -0.396 e. The first-order valence-electron chi connectivity index (χ1n) is 4.74. The zero-order valence-corrected chi connectivity index (χ0v) is 8.82. The molecule has 0 aliphatic rings. The van der Waals surface area contributed by atoms with Crippen molar-refractivity contribution in [2.75, 3.05) is 20.3 Å². The third-order valence-corrected chi connectivity index (χ3v) is 1.99. The summed E-state index contributed by atoms with van der Waals surface area (Å²) in [5.74, 6) is -0.581. The van der Waals surface area contributed by atoms with Crippen molar-refractivity contribution in [2.24, 2.45) is 0 Å². The predicted octanol–water partition coefficient (Wildman–Crippen LogP) is -1.77. The summed E-state index contributed by atoms with van der Waals surface area (Å²) in [7, 11) is 1.49. The number of H-pyrrole nitrogens is 2. The van der Waals surface area contributed by atoms with Gasteiger partial charge in [-0.2, -0.15) is 0 Å². The van der Waals surface area contributed by atoms with Gasteiger partial charge in [0.1, 0.15) is 0 Å². The lowest BCUT2D eigenvalue weighted by atomic mass is 10.2. The Bertz CT molecular complexity index is 385. The molecule has 1 aromatic rings. The molecule has 1 atom stereocenters. The van der Waals surface area contributed by atoms with Gasteiger partial charge >= 0.3 is 5.69 Å². The van der Waals surface area contributed by atoms with Gasteiger partial charge < -0.3 is 15.2 Å². The number of ether oxygens (including phenoxy) is 1. The number of methoxy groups -OCH3 is 1. The first-order chi connectivity index (χ1) is 7.67. The topological polar surface area (TPSA) is 120 Å². The monoisotopic (exact) mass is 230 g/mol. The highest BCUT2D eigenvalue weighted by Gasteiger charge is 2.12. The van der Waals surface area contributed by atoms with E-state index in [1.54, 1.807) is 0 Å². The number of rotatable bonds is 6. The molecule has 0 spiro atoms. The van der Waals surface area contributed by atoms with Crippen molar-refractivity contribution in [2.45, 2.75) is 12.5 Å². The molecule has 1 aromatic heterocycles. The van der Waals surface area contributed by atoms with Crippen LogP contribution in [0.15, 0.2) is 4.79 Å². The molecule has 1 heterocycles. The van der Waals surface area contributed by atoms with Crippen molar-refractivity contribution in [3.63, 3.8) is 0 Å². The van der Waals surface area contributed by atoms with Crippen LogP contribution in [0.1, 0.15) is 17.0 Å². The summed E-state index contributed by atoms with van der Waals surface area (Å²) in [6.45, 7) is 0.221. The van der Waals surface area contributed by atoms with Crippen LogP contribution in [0.2, 0.25) is 0 Å². The average molecular weight is 230 g/mol. The summed E-state index contributed by atoms with van der Waals surface area (Å²) >= 11 is 0. The van der Waals surface area contributed by atoms with Gasteiger partial charge in [0.05, 0.1) is 6.10 Å². The van der Waals surface area contributed by atoms with Crippen molar-refractivity contribution >= 4 is 5.91 Å². The molecule has 8 nitrogen and oxygen atoms in total. The van der Waals surface area contributed by atoms with Gasteiger partial charge in [0.15, 0.2) is 0 Å². The summed E-state index contributed by atoms with van der Waals surface area (Å²) in [4.78, 5) is 24.3. The lowest BCUT2D eigenvalue weighted by molar-refractivity contribution is 0.0696. The molecule has 4 N–H and O–H groups in total. The molecule has 1 unspecified atom stereocenters. The summed E-state index contributed by atoms with van der Waals surface area (Å²) in [5, 5.41) is 16.8. The van der Waals surface area contributed by atoms with Crippen molar-refractivity contribution in [1.82, 2.24) is 20.5 Å². The highest BCUT2D eigenvalue weighted by Crippen LogP contribution is 1.94. The van der Waals surface area contributed by atoms with Crippen LogP contribution >= 0.6 is 0 Å². The average Bonchev–Trinajstić information content (AvgIpc) is 2.70. The number of aromatic nitrogens is 3. The molecule has 0 aliphatic heterocycles. The number of hydrogen-bond donors (Lipinski definition) is 4. The zero-order chi connectivity index (χ0) is 12.0. The van der Waals surface area contributed by atoms with Gasteiger partial charge in [-0.15, -0.1) is 5.10 Å². The molecule has 16 heavy (non-hydrogen) atoms. The summed E-state index contributed by atoms with van der Waals surface area (Å²) in [5.41, 5.74) is -0.538. The molecular weight excluding hydrogens is 216 g/mol. The number of carbonyl (C=O) groups excluding carboxylic acids is 1. The fourth-order valence-electron chi connectivity index (χ4n) is 1.12. The van der Waals surface area contributed by atoms with Crippen molar-refractivity contribution in [3.05, 3.63) is 16.3 Å². The van der Waals surface area contributed by atoms with E-state index in [9.17, 15) is 9.59 Å². The third kappa shape index (κ3) is 3.48. The van der Waals surface area contributed by atoms with Crippen molar-refractivity contribution in [3.8, 4) is 0 Å². The lowest BCUT2D eigenvalue weighted by Crippen LogP contribution is -2.34. The molecule has 0 fully saturated rings. The minimum absolute atomic E-state index is 0.0202. The number of nitrogens with one attached hydrogen (secondary N) is 3. The Hall–Kier alpha value is -1.67. The predicted molar refractivity (Wildman–Crippen MR) is 54.0 cm³/mol. The van der Waals surface area contributed by atoms with E-state index < -0.39 is 11.6 Å². The Kier molecular flexibility index (Phi) is 4.67. The van der Waals surface area contributed by atoms with E-state index >= 15 is 0 Å². The van der Waals surface area contributed by atoms with Crippen LogP contribution in [-0.2, 0) is 4.74 Å². The van der Waals surface area contributed by atoms with Crippen LogP contribution in [0.25, 0.3) is 0 Å². The van der Waals surface area contributed by atoms with Gasteiger partial charge in [-0.05, 0) is 6.42 Å². The Morgan fingerprint density at radius 1 is 1.69 bits per heavy atom. The molecule has 1 amide bonds. The van der Waals surface area contributed by atoms with E-state index in [1.165, 1.54) is 7.11 Å². The van der Waals surface area contributed by atoms with E-state index in [0.717, 1.165) is 0 Å². The lowest BCUT2D eigenvalue weighted by Gasteiger charge is -2.13. The smallest absolute Gasteiger partial charge is 0.341 e. The minimum atomic E-state index is -0.538. The fraction of sp³-hybridized carbons (Fsp3) is 0.625. The number of amides is 1. The van der Waals surface area contributed by atoms with E-state index in [-0.39, 0.29) is 25.1 Å². The highest BCUT2D eigenvalue weighted by molar-refractivity contribution is 5.90. The van der Waals surface area contributed by atoms with Crippen LogP contribution in [-0.4, -0.2) is 52.6 Å². The second-order valence-corrected chi connectivity index (χ2v) is 3.11. The SMILES string of the molecule is COC(CCO)CNC(=O)c1n[nH]c(=O)[nH]1. The van der Waals surface area contributed by atoms with Crippen molar-refractivity contribution in [1.29, 1.82) is 0 Å². The molecule has 0 radical (unpaired) electrons. The number of nitrogens with zero attached hydrogens (tertiary/aromatic N) is 1. The third-order valence-electron chi connectivity index (χ3n) is 1.99. The maximum absolute atomic E-state index is 11.4. The van der Waals surface area contributed by atoms with Gasteiger partial charge in [0, 0.05) is 20.3 Å². The van der Waals surface area contributed by atoms with Gasteiger partial charge in [-0.1, -0.05) is 0 Å². The summed E-state index contributed by atoms with van der Waals surface area (Å²) in [6.07, 6.45) is 0.160. The fourth-order valence-corrected chi connectivity index (χ4v) is 1.12. The molecule has 0 saturated heterocycles. The normalized spacial score (nSPS) is 12.4. The summed E-state index contributed by atoms with van der Waals surface area (Å²) in [6, 6.07) is 0. The molecule has 90 valence electrons. The molecule has 0 aromatic carbocycles. The maximum atomic E-state index is 11.4. The van der Waals surface area contributed by atoms with Crippen LogP contribution < -0.4 is 11.0 Å². The van der Waals surface area contributed by atoms with Gasteiger partial charge in [-0.3, -0.25) is 9.78 Å². The molecule has 1 rings (SSSR count). The Morgan fingerprint density at radius 3 is 2.94 bits per heavy atom. The number of aliphatic hydroxyl groups is 1. The standard InChI is InChI=1S/C8H14N4O4/c1-16-5(2-3-13)4-9-7(14)6-10-8(15)12-11-6/h5,13H,2-4H2,1H3,(H,9,14)(H2,10,11,12,15). The maximum Gasteiger partial charge on any atom is 0.341 e. The number of aromatic amines is 2. The molecule has 8 heteroatoms. The molecule has 0 aliphatic carbocycles. The highest BCUT2D eigenvalue weighted by atomic mass is 16.5. The number of hydrogen-bond acceptors (Lipinski definition) is 5. The molecule has 0 saturated carbocycles. The second-order valence-electron chi connectivity index (χ2n) is 3.11. The second kappa shape index (κ2) is 6.03. The number of carbonyl (C=O) groups is 1. The quantitative estimate of drug-likeness (QED) is 0.460. The van der Waals surface area contributed by atoms with Crippen molar-refractivity contribution < 1.29 is 14.6 Å². The van der Waals surface area contributed by atoms with Crippen LogP contribution in [0.4, 0.5) is 0 Å². The van der Waals surface area contributed by atoms with Gasteiger partial charge in [0.25, 0.3) is 5.91 Å². The molecule has 0 bridgehead atoms. The van der Waals surface area contributed by atoms with Crippen LogP contribution in [0.5, 0.6) is 0 Å². The summed E-state index contributed by atoms with van der Waals surface area (Å²) < 4.78 is 5.01. The van der Waals surface area contributed by atoms with Gasteiger partial charge in [-0.25, -0.2) is 9.89 Å². The number of aliphatic hydroxyl groups excluding tert-OH is 1. The molecular formula is C8H14N4O4.